The van der Waals surface area contributed by atoms with Crippen molar-refractivity contribution in [3.63, 3.8) is 0 Å². The number of pyridine rings is 1. The number of aromatic nitrogens is 3. The molecule has 3 heterocycles. The molecule has 1 fully saturated rings. The third-order valence-corrected chi connectivity index (χ3v) is 5.51. The molecule has 3 rings (SSSR count). The second-order valence-corrected chi connectivity index (χ2v) is 7.39. The molecule has 23 heavy (non-hydrogen) atoms. The summed E-state index contributed by atoms with van der Waals surface area (Å²) in [6.07, 6.45) is 1.44. The second-order valence-electron chi connectivity index (χ2n) is 5.30. The van der Waals surface area contributed by atoms with Gasteiger partial charge in [0, 0.05) is 25.3 Å². The first kappa shape index (κ1) is 16.0. The number of ether oxygens (including phenoxy) is 1. The highest BCUT2D eigenvalue weighted by Gasteiger charge is 2.23. The fourth-order valence-electron chi connectivity index (χ4n) is 2.42. The van der Waals surface area contributed by atoms with Crippen molar-refractivity contribution >= 4 is 26.9 Å². The maximum absolute atomic E-state index is 12.3. The van der Waals surface area contributed by atoms with Crippen LogP contribution in [0.4, 0.5) is 5.82 Å². The van der Waals surface area contributed by atoms with Crippen LogP contribution in [-0.4, -0.2) is 66.3 Å². The number of fused-ring (bicyclic) bond motifs is 1. The number of aryl methyl sites for hydroxylation is 1. The van der Waals surface area contributed by atoms with Gasteiger partial charge in [0.2, 0.25) is 10.0 Å². The lowest BCUT2D eigenvalue weighted by Crippen LogP contribution is -2.42. The maximum Gasteiger partial charge on any atom is 0.215 e. The summed E-state index contributed by atoms with van der Waals surface area (Å²) in [6, 6.07) is 3.75. The molecule has 0 bridgehead atoms. The Morgan fingerprint density at radius 1 is 1.26 bits per heavy atom. The van der Waals surface area contributed by atoms with Gasteiger partial charge < -0.3 is 10.1 Å². The zero-order valence-corrected chi connectivity index (χ0v) is 13.7. The molecule has 0 atom stereocenters. The Balaban J connectivity index is 1.68. The van der Waals surface area contributed by atoms with Crippen LogP contribution in [-0.2, 0) is 14.8 Å². The van der Waals surface area contributed by atoms with Crippen molar-refractivity contribution in [1.29, 1.82) is 0 Å². The van der Waals surface area contributed by atoms with Crippen molar-refractivity contribution in [3.05, 3.63) is 24.2 Å². The molecule has 124 valence electrons. The Kier molecular flexibility index (Phi) is 4.69. The maximum atomic E-state index is 12.3. The third-order valence-electron chi connectivity index (χ3n) is 3.64. The fourth-order valence-corrected chi connectivity index (χ4v) is 3.74. The molecule has 0 saturated carbocycles. The van der Waals surface area contributed by atoms with Crippen molar-refractivity contribution in [1.82, 2.24) is 19.3 Å². The number of hydrogen-bond donors (Lipinski definition) is 1. The Labute approximate surface area is 135 Å². The van der Waals surface area contributed by atoms with Gasteiger partial charge in [-0.3, -0.25) is 0 Å². The number of sulfonamides is 1. The minimum atomic E-state index is -3.29. The minimum absolute atomic E-state index is 0.00428. The number of nitrogens with one attached hydrogen (secondary N) is 1. The van der Waals surface area contributed by atoms with Gasteiger partial charge in [0.25, 0.3) is 0 Å². The smallest absolute Gasteiger partial charge is 0.215 e. The molecule has 2 aromatic heterocycles. The lowest BCUT2D eigenvalue weighted by molar-refractivity contribution is 0.0731. The van der Waals surface area contributed by atoms with Crippen LogP contribution in [0.2, 0.25) is 0 Å². The van der Waals surface area contributed by atoms with Crippen LogP contribution in [0, 0.1) is 6.92 Å². The summed E-state index contributed by atoms with van der Waals surface area (Å²) in [7, 11) is -3.29. The molecule has 1 saturated heterocycles. The zero-order valence-electron chi connectivity index (χ0n) is 12.9. The summed E-state index contributed by atoms with van der Waals surface area (Å²) in [5, 5.41) is 3.06. The van der Waals surface area contributed by atoms with Gasteiger partial charge in [0.15, 0.2) is 5.82 Å². The Morgan fingerprint density at radius 3 is 2.83 bits per heavy atom. The topological polar surface area (TPSA) is 97.3 Å². The van der Waals surface area contributed by atoms with E-state index in [4.69, 9.17) is 4.74 Å². The third kappa shape index (κ3) is 3.74. The average molecular weight is 337 g/mol. The number of hydrogen-bond acceptors (Lipinski definition) is 7. The first-order valence-corrected chi connectivity index (χ1v) is 9.05. The van der Waals surface area contributed by atoms with Gasteiger partial charge in [-0.2, -0.15) is 4.31 Å². The molecular formula is C14H19N5O3S. The number of anilines is 1. The summed E-state index contributed by atoms with van der Waals surface area (Å²) in [6.45, 7) is 3.89. The van der Waals surface area contributed by atoms with E-state index in [1.165, 1.54) is 10.6 Å². The van der Waals surface area contributed by atoms with Crippen LogP contribution in [0.3, 0.4) is 0 Å². The van der Waals surface area contributed by atoms with Crippen molar-refractivity contribution < 1.29 is 13.2 Å². The highest BCUT2D eigenvalue weighted by atomic mass is 32.2. The number of nitrogens with zero attached hydrogens (tertiary/aromatic N) is 4. The summed E-state index contributed by atoms with van der Waals surface area (Å²) in [5.41, 5.74) is 2.23. The van der Waals surface area contributed by atoms with E-state index in [1.807, 2.05) is 19.1 Å². The Bertz CT molecular complexity index is 790. The molecule has 0 unspecified atom stereocenters. The molecule has 1 aliphatic rings. The van der Waals surface area contributed by atoms with Crippen LogP contribution in [0.15, 0.2) is 18.5 Å². The standard InChI is InChI=1S/C14H19N5O3S/c1-11-2-3-12-13(18-11)14(17-10-16-12)15-4-9-23(20,21)19-5-7-22-8-6-19/h2-3,10H,4-9H2,1H3,(H,15,16,17). The monoisotopic (exact) mass is 337 g/mol. The van der Waals surface area contributed by atoms with E-state index < -0.39 is 10.0 Å². The molecule has 0 radical (unpaired) electrons. The van der Waals surface area contributed by atoms with Crippen molar-refractivity contribution in [2.45, 2.75) is 6.92 Å². The summed E-state index contributed by atoms with van der Waals surface area (Å²) < 4.78 is 31.2. The first-order chi connectivity index (χ1) is 11.1. The SMILES string of the molecule is Cc1ccc2ncnc(NCCS(=O)(=O)N3CCOCC3)c2n1. The molecule has 8 nitrogen and oxygen atoms in total. The molecule has 0 amide bonds. The normalized spacial score (nSPS) is 16.6. The molecule has 1 N–H and O–H groups in total. The van der Waals surface area contributed by atoms with Crippen molar-refractivity contribution in [2.75, 3.05) is 43.9 Å². The zero-order chi connectivity index (χ0) is 16.3. The largest absolute Gasteiger partial charge is 0.379 e. The molecule has 0 spiro atoms. The Morgan fingerprint density at radius 2 is 2.04 bits per heavy atom. The van der Waals surface area contributed by atoms with Crippen LogP contribution in [0.25, 0.3) is 11.0 Å². The second kappa shape index (κ2) is 6.73. The molecule has 0 aliphatic carbocycles. The van der Waals surface area contributed by atoms with E-state index in [0.717, 1.165) is 11.2 Å². The fraction of sp³-hybridized carbons (Fsp3) is 0.500. The van der Waals surface area contributed by atoms with Gasteiger partial charge in [0.1, 0.15) is 11.8 Å². The quantitative estimate of drug-likeness (QED) is 0.844. The van der Waals surface area contributed by atoms with E-state index >= 15 is 0 Å². The van der Waals surface area contributed by atoms with E-state index in [2.05, 4.69) is 20.3 Å². The van der Waals surface area contributed by atoms with Gasteiger partial charge in [-0.25, -0.2) is 23.4 Å². The summed E-state index contributed by atoms with van der Waals surface area (Å²) in [5.74, 6) is 0.556. The lowest BCUT2D eigenvalue weighted by Gasteiger charge is -2.26. The van der Waals surface area contributed by atoms with Gasteiger partial charge in [-0.1, -0.05) is 0 Å². The summed E-state index contributed by atoms with van der Waals surface area (Å²) in [4.78, 5) is 12.7. The molecule has 0 aromatic carbocycles. The van der Waals surface area contributed by atoms with Crippen LogP contribution in [0.1, 0.15) is 5.69 Å². The predicted octanol–water partition coefficient (Wildman–Crippen LogP) is 0.407. The van der Waals surface area contributed by atoms with E-state index in [-0.39, 0.29) is 12.3 Å². The predicted molar refractivity (Wildman–Crippen MR) is 86.7 cm³/mol. The van der Waals surface area contributed by atoms with E-state index in [0.29, 0.717) is 37.6 Å². The van der Waals surface area contributed by atoms with Gasteiger partial charge in [0.05, 0.1) is 24.5 Å². The average Bonchev–Trinajstić information content (AvgIpc) is 2.56. The molecule has 9 heteroatoms. The number of rotatable bonds is 5. The summed E-state index contributed by atoms with van der Waals surface area (Å²) >= 11 is 0. The van der Waals surface area contributed by atoms with Crippen LogP contribution >= 0.6 is 0 Å². The van der Waals surface area contributed by atoms with E-state index in [9.17, 15) is 8.42 Å². The highest BCUT2D eigenvalue weighted by Crippen LogP contribution is 2.17. The van der Waals surface area contributed by atoms with Crippen LogP contribution in [0.5, 0.6) is 0 Å². The van der Waals surface area contributed by atoms with E-state index in [1.54, 1.807) is 0 Å². The van der Waals surface area contributed by atoms with Gasteiger partial charge >= 0.3 is 0 Å². The molecular weight excluding hydrogens is 318 g/mol. The highest BCUT2D eigenvalue weighted by molar-refractivity contribution is 7.89. The first-order valence-electron chi connectivity index (χ1n) is 7.44. The van der Waals surface area contributed by atoms with Gasteiger partial charge in [-0.15, -0.1) is 0 Å². The van der Waals surface area contributed by atoms with Gasteiger partial charge in [-0.05, 0) is 19.1 Å². The van der Waals surface area contributed by atoms with Crippen molar-refractivity contribution in [2.24, 2.45) is 0 Å². The van der Waals surface area contributed by atoms with Crippen LogP contribution < -0.4 is 5.32 Å². The Hall–Kier alpha value is -1.84. The number of morpholine rings is 1. The minimum Gasteiger partial charge on any atom is -0.379 e. The molecule has 2 aromatic rings. The molecule has 1 aliphatic heterocycles. The lowest BCUT2D eigenvalue weighted by atomic mass is 10.3. The van der Waals surface area contributed by atoms with Crippen molar-refractivity contribution in [3.8, 4) is 0 Å².